The summed E-state index contributed by atoms with van der Waals surface area (Å²) in [4.78, 5) is 23.7. The lowest BCUT2D eigenvalue weighted by Gasteiger charge is -2.09. The first-order valence-electron chi connectivity index (χ1n) is 7.76. The predicted molar refractivity (Wildman–Crippen MR) is 97.9 cm³/mol. The topological polar surface area (TPSA) is 61.4 Å². The van der Waals surface area contributed by atoms with E-state index in [1.165, 1.54) is 4.57 Å². The first-order chi connectivity index (χ1) is 12.0. The largest absolute Gasteiger partial charge is 0.493 e. The number of unbranched alkanes of at least 4 members (excludes halogenated alkanes) is 1. The normalized spacial score (nSPS) is 11.0. The summed E-state index contributed by atoms with van der Waals surface area (Å²) in [5, 5.41) is 1.42. The predicted octanol–water partition coefficient (Wildman–Crippen LogP) is 4.12. The van der Waals surface area contributed by atoms with E-state index in [0.29, 0.717) is 52.7 Å². The molecule has 130 valence electrons. The van der Waals surface area contributed by atoms with Gasteiger partial charge in [-0.25, -0.2) is 9.59 Å². The van der Waals surface area contributed by atoms with Crippen LogP contribution in [0, 0.1) is 0 Å². The Hall–Kier alpha value is -2.24. The van der Waals surface area contributed by atoms with Gasteiger partial charge >= 0.3 is 11.4 Å². The Morgan fingerprint density at radius 1 is 1.00 bits per heavy atom. The van der Waals surface area contributed by atoms with Crippen LogP contribution in [0.3, 0.4) is 0 Å². The summed E-state index contributed by atoms with van der Waals surface area (Å²) in [6.07, 6.45) is 1.40. The van der Waals surface area contributed by atoms with Crippen molar-refractivity contribution in [1.29, 1.82) is 0 Å². The molecule has 0 aliphatic heterocycles. The molecule has 2 aromatic carbocycles. The second-order valence-corrected chi connectivity index (χ2v) is 6.36. The zero-order chi connectivity index (χ0) is 17.8. The first kappa shape index (κ1) is 17.6. The minimum Gasteiger partial charge on any atom is -0.493 e. The molecule has 0 aliphatic rings. The van der Waals surface area contributed by atoms with Crippen LogP contribution in [0.1, 0.15) is 12.8 Å². The maximum Gasteiger partial charge on any atom is 0.422 e. The molecule has 0 unspecified atom stereocenters. The third-order valence-electron chi connectivity index (χ3n) is 3.70. The maximum absolute atomic E-state index is 11.9. The molecule has 5 nitrogen and oxygen atoms in total. The van der Waals surface area contributed by atoms with Crippen LogP contribution >= 0.6 is 23.2 Å². The zero-order valence-corrected chi connectivity index (χ0v) is 14.7. The number of hydrogen-bond donors (Lipinski definition) is 0. The molecule has 1 aromatic heterocycles. The van der Waals surface area contributed by atoms with Gasteiger partial charge in [-0.15, -0.1) is 0 Å². The van der Waals surface area contributed by atoms with E-state index in [9.17, 15) is 9.59 Å². The van der Waals surface area contributed by atoms with Gasteiger partial charge in [0, 0.05) is 16.6 Å². The summed E-state index contributed by atoms with van der Waals surface area (Å²) in [5.41, 5.74) is -0.0377. The molecule has 3 aromatic rings. The number of nitrogens with zero attached hydrogens (tertiary/aromatic N) is 1. The summed E-state index contributed by atoms with van der Waals surface area (Å²) in [7, 11) is 0. The maximum atomic E-state index is 11.9. The van der Waals surface area contributed by atoms with Crippen LogP contribution in [-0.2, 0) is 6.54 Å². The second kappa shape index (κ2) is 7.76. The molecule has 0 fully saturated rings. The van der Waals surface area contributed by atoms with Gasteiger partial charge in [-0.2, -0.15) is 0 Å². The Bertz CT molecular complexity index is 990. The molecule has 0 bridgehead atoms. The van der Waals surface area contributed by atoms with E-state index in [1.807, 2.05) is 0 Å². The number of halogens is 2. The van der Waals surface area contributed by atoms with Gasteiger partial charge in [-0.3, -0.25) is 4.57 Å². The van der Waals surface area contributed by atoms with Crippen molar-refractivity contribution in [3.8, 4) is 5.75 Å². The standard InChI is InChI=1S/C18H15Cl2NO4/c19-12-9-13(20)11-14(10-12)24-8-4-3-7-21-16-6-2-1-5-15(16)17(22)25-18(21)23/h1-2,5-6,9-11H,3-4,7-8H2. The molecule has 0 spiro atoms. The van der Waals surface area contributed by atoms with Gasteiger partial charge in [0.25, 0.3) is 0 Å². The van der Waals surface area contributed by atoms with Crippen LogP contribution in [0.2, 0.25) is 10.0 Å². The average Bonchev–Trinajstić information content (AvgIpc) is 2.56. The fourth-order valence-corrected chi connectivity index (χ4v) is 3.06. The molecule has 0 aliphatic carbocycles. The van der Waals surface area contributed by atoms with Crippen molar-refractivity contribution in [2.75, 3.05) is 6.61 Å². The van der Waals surface area contributed by atoms with E-state index < -0.39 is 11.4 Å². The lowest BCUT2D eigenvalue weighted by molar-refractivity contribution is 0.301. The minimum absolute atomic E-state index is 0.395. The van der Waals surface area contributed by atoms with Gasteiger partial charge in [0.05, 0.1) is 17.5 Å². The smallest absolute Gasteiger partial charge is 0.422 e. The monoisotopic (exact) mass is 379 g/mol. The van der Waals surface area contributed by atoms with Crippen molar-refractivity contribution in [1.82, 2.24) is 4.57 Å². The van der Waals surface area contributed by atoms with Crippen LogP contribution in [0.25, 0.3) is 10.9 Å². The lowest BCUT2D eigenvalue weighted by Crippen LogP contribution is -2.25. The molecule has 0 atom stereocenters. The number of benzene rings is 2. The van der Waals surface area contributed by atoms with E-state index in [0.717, 1.165) is 0 Å². The fraction of sp³-hybridized carbons (Fsp3) is 0.222. The third kappa shape index (κ3) is 4.24. The first-order valence-corrected chi connectivity index (χ1v) is 8.52. The van der Waals surface area contributed by atoms with E-state index >= 15 is 0 Å². The van der Waals surface area contributed by atoms with E-state index in [4.69, 9.17) is 32.4 Å². The number of aryl methyl sites for hydroxylation is 1. The number of para-hydroxylation sites is 1. The molecular formula is C18H15Cl2NO4. The highest BCUT2D eigenvalue weighted by Crippen LogP contribution is 2.24. The van der Waals surface area contributed by atoms with Crippen molar-refractivity contribution < 1.29 is 9.15 Å². The zero-order valence-electron chi connectivity index (χ0n) is 13.2. The summed E-state index contributed by atoms with van der Waals surface area (Å²) in [5.74, 6) is -0.0444. The van der Waals surface area contributed by atoms with Crippen molar-refractivity contribution in [3.05, 3.63) is 73.5 Å². The average molecular weight is 380 g/mol. The molecule has 0 radical (unpaired) electrons. The Labute approximate surface area is 153 Å². The molecule has 7 heteroatoms. The highest BCUT2D eigenvalue weighted by atomic mass is 35.5. The molecule has 0 amide bonds. The van der Waals surface area contributed by atoms with Crippen molar-refractivity contribution >= 4 is 34.1 Å². The summed E-state index contributed by atoms with van der Waals surface area (Å²) < 4.78 is 11.8. The van der Waals surface area contributed by atoms with E-state index in [2.05, 4.69) is 0 Å². The summed E-state index contributed by atoms with van der Waals surface area (Å²) in [6, 6.07) is 11.9. The van der Waals surface area contributed by atoms with Crippen LogP contribution in [0.5, 0.6) is 5.75 Å². The Morgan fingerprint density at radius 3 is 2.48 bits per heavy atom. The Morgan fingerprint density at radius 2 is 1.72 bits per heavy atom. The van der Waals surface area contributed by atoms with Gasteiger partial charge in [-0.1, -0.05) is 35.3 Å². The fourth-order valence-electron chi connectivity index (χ4n) is 2.55. The van der Waals surface area contributed by atoms with Gasteiger partial charge < -0.3 is 9.15 Å². The highest BCUT2D eigenvalue weighted by Gasteiger charge is 2.08. The highest BCUT2D eigenvalue weighted by molar-refractivity contribution is 6.34. The van der Waals surface area contributed by atoms with Crippen LogP contribution in [-0.4, -0.2) is 11.2 Å². The molecule has 0 saturated carbocycles. The van der Waals surface area contributed by atoms with E-state index in [1.54, 1.807) is 42.5 Å². The quantitative estimate of drug-likeness (QED) is 0.604. The number of ether oxygens (including phenoxy) is 1. The van der Waals surface area contributed by atoms with Gasteiger partial charge in [0.2, 0.25) is 0 Å². The van der Waals surface area contributed by atoms with Gasteiger partial charge in [0.1, 0.15) is 5.75 Å². The SMILES string of the molecule is O=c1oc(=O)n(CCCCOc2cc(Cl)cc(Cl)c2)c2ccccc12. The molecule has 0 saturated heterocycles. The lowest BCUT2D eigenvalue weighted by atomic mass is 10.2. The van der Waals surface area contributed by atoms with Crippen molar-refractivity contribution in [3.63, 3.8) is 0 Å². The number of fused-ring (bicyclic) bond motifs is 1. The van der Waals surface area contributed by atoms with Gasteiger partial charge in [0.15, 0.2) is 0 Å². The van der Waals surface area contributed by atoms with Crippen LogP contribution in [0.4, 0.5) is 0 Å². The summed E-state index contributed by atoms with van der Waals surface area (Å²) >= 11 is 11.8. The second-order valence-electron chi connectivity index (χ2n) is 5.48. The van der Waals surface area contributed by atoms with Crippen molar-refractivity contribution in [2.24, 2.45) is 0 Å². The molecule has 3 rings (SSSR count). The van der Waals surface area contributed by atoms with Gasteiger partial charge in [-0.05, 0) is 43.2 Å². The molecular weight excluding hydrogens is 365 g/mol. The Balaban J connectivity index is 1.62. The Kier molecular flexibility index (Phi) is 5.46. The van der Waals surface area contributed by atoms with E-state index in [-0.39, 0.29) is 0 Å². The number of hydrogen-bond acceptors (Lipinski definition) is 4. The number of aromatic nitrogens is 1. The molecule has 25 heavy (non-hydrogen) atoms. The third-order valence-corrected chi connectivity index (χ3v) is 4.13. The van der Waals surface area contributed by atoms with Crippen LogP contribution in [0.15, 0.2) is 56.5 Å². The number of rotatable bonds is 6. The molecule has 1 heterocycles. The van der Waals surface area contributed by atoms with Crippen molar-refractivity contribution in [2.45, 2.75) is 19.4 Å². The van der Waals surface area contributed by atoms with Crippen LogP contribution < -0.4 is 16.1 Å². The minimum atomic E-state index is -0.647. The molecule has 0 N–H and O–H groups in total. The summed E-state index contributed by atoms with van der Waals surface area (Å²) in [6.45, 7) is 0.892.